The highest BCUT2D eigenvalue weighted by Gasteiger charge is 2.19. The maximum absolute atomic E-state index is 12.2. The first-order valence-corrected chi connectivity index (χ1v) is 8.11. The van der Waals surface area contributed by atoms with Gasteiger partial charge in [0.1, 0.15) is 5.84 Å². The van der Waals surface area contributed by atoms with Gasteiger partial charge in [0.2, 0.25) is 5.91 Å². The van der Waals surface area contributed by atoms with Crippen molar-refractivity contribution in [1.29, 1.82) is 0 Å². The van der Waals surface area contributed by atoms with Crippen molar-refractivity contribution in [3.63, 3.8) is 0 Å². The predicted molar refractivity (Wildman–Crippen MR) is 93.2 cm³/mol. The van der Waals surface area contributed by atoms with E-state index in [1.165, 1.54) is 5.01 Å². The summed E-state index contributed by atoms with van der Waals surface area (Å²) in [5, 5.41) is 16.6. The molecule has 0 atom stereocenters. The van der Waals surface area contributed by atoms with Gasteiger partial charge in [-0.3, -0.25) is 9.59 Å². The monoisotopic (exact) mass is 357 g/mol. The summed E-state index contributed by atoms with van der Waals surface area (Å²) >= 11 is 5.97. The molecule has 1 aromatic carbocycles. The van der Waals surface area contributed by atoms with Crippen LogP contribution >= 0.6 is 11.6 Å². The average molecular weight is 358 g/mol. The van der Waals surface area contributed by atoms with Gasteiger partial charge in [-0.25, -0.2) is 5.01 Å². The summed E-state index contributed by atoms with van der Waals surface area (Å²) in [7, 11) is 1.55. The molecule has 0 unspecified atom stereocenters. The van der Waals surface area contributed by atoms with Crippen molar-refractivity contribution in [2.24, 2.45) is 5.10 Å². The van der Waals surface area contributed by atoms with Crippen molar-refractivity contribution in [2.75, 3.05) is 7.05 Å². The van der Waals surface area contributed by atoms with Crippen molar-refractivity contribution in [1.82, 2.24) is 20.5 Å². The van der Waals surface area contributed by atoms with Crippen LogP contribution in [0.4, 0.5) is 0 Å². The molecule has 1 aromatic heterocycles. The standard InChI is InChI=1S/C17H16ClN5O2/c1-23-16(24)8-7-15(22-23)19-17(25)14-6-5-13(20-21-14)10-11-3-2-4-12(18)9-11/h2-6,9H,7-8,10H2,1H3,(H,19,22,25). The van der Waals surface area contributed by atoms with E-state index in [-0.39, 0.29) is 11.6 Å². The molecule has 0 bridgehead atoms. The van der Waals surface area contributed by atoms with E-state index in [1.807, 2.05) is 24.3 Å². The second kappa shape index (κ2) is 7.40. The van der Waals surface area contributed by atoms with Crippen molar-refractivity contribution in [2.45, 2.75) is 19.3 Å². The van der Waals surface area contributed by atoms with Crippen molar-refractivity contribution >= 4 is 29.3 Å². The zero-order chi connectivity index (χ0) is 17.8. The van der Waals surface area contributed by atoms with E-state index in [0.717, 1.165) is 11.3 Å². The minimum Gasteiger partial charge on any atom is -0.307 e. The third-order valence-electron chi connectivity index (χ3n) is 3.69. The van der Waals surface area contributed by atoms with Crippen LogP contribution in [0.15, 0.2) is 41.5 Å². The fraction of sp³-hybridized carbons (Fsp3) is 0.235. The van der Waals surface area contributed by atoms with E-state index in [9.17, 15) is 9.59 Å². The number of halogens is 1. The van der Waals surface area contributed by atoms with E-state index < -0.39 is 5.91 Å². The molecular weight excluding hydrogens is 342 g/mol. The molecule has 3 rings (SSSR count). The number of amidine groups is 1. The quantitative estimate of drug-likeness (QED) is 0.910. The van der Waals surface area contributed by atoms with Gasteiger partial charge in [-0.2, -0.15) is 10.2 Å². The van der Waals surface area contributed by atoms with Gasteiger partial charge in [0.15, 0.2) is 5.69 Å². The van der Waals surface area contributed by atoms with Crippen LogP contribution in [0.2, 0.25) is 5.02 Å². The van der Waals surface area contributed by atoms with Gasteiger partial charge < -0.3 is 5.32 Å². The molecule has 2 heterocycles. The molecule has 0 aliphatic carbocycles. The van der Waals surface area contributed by atoms with Gasteiger partial charge >= 0.3 is 0 Å². The molecule has 1 aliphatic heterocycles. The number of hydrogen-bond donors (Lipinski definition) is 1. The predicted octanol–water partition coefficient (Wildman–Crippen LogP) is 2.02. The lowest BCUT2D eigenvalue weighted by atomic mass is 10.1. The molecule has 0 saturated heterocycles. The summed E-state index contributed by atoms with van der Waals surface area (Å²) < 4.78 is 0. The smallest absolute Gasteiger partial charge is 0.277 e. The topological polar surface area (TPSA) is 87.6 Å². The Morgan fingerprint density at radius 2 is 2.08 bits per heavy atom. The zero-order valence-corrected chi connectivity index (χ0v) is 14.3. The SMILES string of the molecule is CN1N=C(NC(=O)c2ccc(Cc3cccc(Cl)c3)nn2)CCC1=O. The maximum Gasteiger partial charge on any atom is 0.277 e. The third-order valence-corrected chi connectivity index (χ3v) is 3.93. The van der Waals surface area contributed by atoms with Crippen LogP contribution < -0.4 is 5.32 Å². The highest BCUT2D eigenvalue weighted by molar-refractivity contribution is 6.30. The molecule has 0 spiro atoms. The molecule has 1 N–H and O–H groups in total. The first kappa shape index (κ1) is 17.0. The second-order valence-electron chi connectivity index (χ2n) is 5.63. The molecule has 25 heavy (non-hydrogen) atoms. The molecule has 8 heteroatoms. The number of hydrazone groups is 1. The number of hydrogen-bond acceptors (Lipinski definition) is 5. The Morgan fingerprint density at radius 3 is 2.76 bits per heavy atom. The van der Waals surface area contributed by atoms with Crippen LogP contribution in [0.3, 0.4) is 0 Å². The largest absolute Gasteiger partial charge is 0.307 e. The van der Waals surface area contributed by atoms with E-state index in [0.29, 0.717) is 30.1 Å². The second-order valence-corrected chi connectivity index (χ2v) is 6.07. The van der Waals surface area contributed by atoms with E-state index >= 15 is 0 Å². The number of aromatic nitrogens is 2. The third kappa shape index (κ3) is 4.39. The number of amides is 2. The number of nitrogens with one attached hydrogen (secondary N) is 1. The Kier molecular flexibility index (Phi) is 5.04. The maximum atomic E-state index is 12.2. The lowest BCUT2D eigenvalue weighted by molar-refractivity contribution is -0.130. The lowest BCUT2D eigenvalue weighted by Gasteiger charge is -2.19. The van der Waals surface area contributed by atoms with Gasteiger partial charge in [0.25, 0.3) is 5.91 Å². The number of carbonyl (C=O) groups is 2. The molecule has 128 valence electrons. The summed E-state index contributed by atoms with van der Waals surface area (Å²) in [6.07, 6.45) is 1.30. The summed E-state index contributed by atoms with van der Waals surface area (Å²) in [4.78, 5) is 23.6. The minimum atomic E-state index is -0.400. The van der Waals surface area contributed by atoms with Crippen molar-refractivity contribution < 1.29 is 9.59 Å². The first-order valence-electron chi connectivity index (χ1n) is 7.74. The molecule has 2 amide bonds. The van der Waals surface area contributed by atoms with Crippen LogP contribution in [0.5, 0.6) is 0 Å². The number of nitrogens with zero attached hydrogens (tertiary/aromatic N) is 4. The molecular formula is C17H16ClN5O2. The fourth-order valence-corrected chi connectivity index (χ4v) is 2.60. The number of rotatable bonds is 3. The minimum absolute atomic E-state index is 0.0804. The van der Waals surface area contributed by atoms with E-state index in [2.05, 4.69) is 20.6 Å². The molecule has 2 aromatic rings. The highest BCUT2D eigenvalue weighted by Crippen LogP contribution is 2.13. The molecule has 1 aliphatic rings. The fourth-order valence-electron chi connectivity index (χ4n) is 2.39. The molecule has 0 saturated carbocycles. The zero-order valence-electron chi connectivity index (χ0n) is 13.6. The van der Waals surface area contributed by atoms with Crippen molar-refractivity contribution in [3.05, 3.63) is 58.4 Å². The highest BCUT2D eigenvalue weighted by atomic mass is 35.5. The lowest BCUT2D eigenvalue weighted by Crippen LogP contribution is -2.38. The normalized spacial score (nSPS) is 14.2. The average Bonchev–Trinajstić information content (AvgIpc) is 2.59. The van der Waals surface area contributed by atoms with Gasteiger partial charge in [-0.05, 0) is 29.8 Å². The van der Waals surface area contributed by atoms with Crippen LogP contribution in [0.25, 0.3) is 0 Å². The summed E-state index contributed by atoms with van der Waals surface area (Å²) in [6, 6.07) is 10.9. The number of benzene rings is 1. The van der Waals surface area contributed by atoms with E-state index in [1.54, 1.807) is 19.2 Å². The Hall–Kier alpha value is -2.80. The van der Waals surface area contributed by atoms with Gasteiger partial charge in [0.05, 0.1) is 5.69 Å². The van der Waals surface area contributed by atoms with Crippen LogP contribution in [-0.4, -0.2) is 39.9 Å². The first-order chi connectivity index (χ1) is 12.0. The summed E-state index contributed by atoms with van der Waals surface area (Å²) in [5.74, 6) is -0.0385. The number of carbonyl (C=O) groups excluding carboxylic acids is 2. The Morgan fingerprint density at radius 1 is 1.24 bits per heavy atom. The molecule has 7 nitrogen and oxygen atoms in total. The Labute approximate surface area is 149 Å². The van der Waals surface area contributed by atoms with Crippen LogP contribution in [0, 0.1) is 0 Å². The van der Waals surface area contributed by atoms with E-state index in [4.69, 9.17) is 11.6 Å². The molecule has 0 radical (unpaired) electrons. The van der Waals surface area contributed by atoms with Gasteiger partial charge in [0, 0.05) is 31.3 Å². The van der Waals surface area contributed by atoms with Gasteiger partial charge in [-0.15, -0.1) is 5.10 Å². The summed E-state index contributed by atoms with van der Waals surface area (Å²) in [6.45, 7) is 0. The summed E-state index contributed by atoms with van der Waals surface area (Å²) in [5.41, 5.74) is 1.94. The van der Waals surface area contributed by atoms with Crippen molar-refractivity contribution in [3.8, 4) is 0 Å². The Bertz CT molecular complexity index is 835. The van der Waals surface area contributed by atoms with Crippen LogP contribution in [-0.2, 0) is 11.2 Å². The Balaban J connectivity index is 1.64. The van der Waals surface area contributed by atoms with Gasteiger partial charge in [-0.1, -0.05) is 23.7 Å². The van der Waals surface area contributed by atoms with Crippen LogP contribution in [0.1, 0.15) is 34.6 Å². The molecule has 0 fully saturated rings.